The van der Waals surface area contributed by atoms with Crippen LogP contribution in [0.5, 0.6) is 11.5 Å². The summed E-state index contributed by atoms with van der Waals surface area (Å²) in [6.07, 6.45) is 3.49. The lowest BCUT2D eigenvalue weighted by Crippen LogP contribution is -2.09. The van der Waals surface area contributed by atoms with E-state index in [1.54, 1.807) is 26.6 Å². The number of anilines is 3. The Balaban J connectivity index is 1.68. The molecule has 0 saturated carbocycles. The Morgan fingerprint density at radius 1 is 0.548 bits per heavy atom. The number of nitrogens with zero attached hydrogens (tertiary/aromatic N) is 2. The van der Waals surface area contributed by atoms with Crippen molar-refractivity contribution < 1.29 is 9.47 Å². The minimum Gasteiger partial charge on any atom is -0.497 e. The molecule has 4 nitrogen and oxygen atoms in total. The third-order valence-electron chi connectivity index (χ3n) is 4.82. The zero-order chi connectivity index (χ0) is 21.5. The highest BCUT2D eigenvalue weighted by molar-refractivity contribution is 5.77. The highest BCUT2D eigenvalue weighted by Crippen LogP contribution is 2.36. The second-order valence-corrected chi connectivity index (χ2v) is 6.76. The zero-order valence-electron chi connectivity index (χ0n) is 17.4. The summed E-state index contributed by atoms with van der Waals surface area (Å²) in [5, 5.41) is 0. The van der Waals surface area contributed by atoms with Crippen LogP contribution < -0.4 is 14.4 Å². The summed E-state index contributed by atoms with van der Waals surface area (Å²) in [5.41, 5.74) is 4.98. The van der Waals surface area contributed by atoms with Gasteiger partial charge in [0.15, 0.2) is 0 Å². The number of benzene rings is 3. The molecule has 0 atom stereocenters. The fourth-order valence-electron chi connectivity index (χ4n) is 3.18. The standard InChI is InChI=1S/C27H22N2O2/c1-30-26-13-9-24(10-14-26)29(25-11-15-27(31-2)16-12-25)23-7-5-21(6-8-23)3-4-22-17-19-28-20-18-22/h5-20H,1-2H3. The van der Waals surface area contributed by atoms with Gasteiger partial charge >= 0.3 is 0 Å². The van der Waals surface area contributed by atoms with Crippen molar-refractivity contribution in [3.63, 3.8) is 0 Å². The molecule has 3 aromatic carbocycles. The normalized spacial score (nSPS) is 10.0. The highest BCUT2D eigenvalue weighted by Gasteiger charge is 2.12. The second-order valence-electron chi connectivity index (χ2n) is 6.76. The van der Waals surface area contributed by atoms with E-state index in [2.05, 4.69) is 33.9 Å². The van der Waals surface area contributed by atoms with Crippen LogP contribution in [0.4, 0.5) is 17.1 Å². The number of rotatable bonds is 5. The fraction of sp³-hybridized carbons (Fsp3) is 0.0741. The first-order valence-corrected chi connectivity index (χ1v) is 9.87. The van der Waals surface area contributed by atoms with E-state index in [-0.39, 0.29) is 0 Å². The molecule has 4 heteroatoms. The lowest BCUT2D eigenvalue weighted by atomic mass is 10.1. The molecule has 0 aliphatic rings. The van der Waals surface area contributed by atoms with Crippen molar-refractivity contribution in [2.45, 2.75) is 0 Å². The van der Waals surface area contributed by atoms with Crippen molar-refractivity contribution in [2.75, 3.05) is 19.1 Å². The SMILES string of the molecule is COc1ccc(N(c2ccc(C#Cc3ccncc3)cc2)c2ccc(OC)cc2)cc1. The van der Waals surface area contributed by atoms with Gasteiger partial charge in [0.05, 0.1) is 14.2 Å². The van der Waals surface area contributed by atoms with Gasteiger partial charge in [0.2, 0.25) is 0 Å². The first kappa shape index (κ1) is 20.1. The van der Waals surface area contributed by atoms with Gasteiger partial charge in [-0.2, -0.15) is 0 Å². The Kier molecular flexibility index (Phi) is 6.16. The summed E-state index contributed by atoms with van der Waals surface area (Å²) in [7, 11) is 3.34. The molecular weight excluding hydrogens is 384 g/mol. The number of ether oxygens (including phenoxy) is 2. The first-order chi connectivity index (χ1) is 15.3. The van der Waals surface area contributed by atoms with Crippen LogP contribution in [-0.4, -0.2) is 19.2 Å². The summed E-state index contributed by atoms with van der Waals surface area (Å²) in [5.74, 6) is 8.01. The topological polar surface area (TPSA) is 34.6 Å². The van der Waals surface area contributed by atoms with Gasteiger partial charge in [0.25, 0.3) is 0 Å². The number of hydrogen-bond acceptors (Lipinski definition) is 4. The third kappa shape index (κ3) is 4.85. The third-order valence-corrected chi connectivity index (χ3v) is 4.82. The Morgan fingerprint density at radius 2 is 0.935 bits per heavy atom. The van der Waals surface area contributed by atoms with Crippen LogP contribution in [0.15, 0.2) is 97.3 Å². The molecule has 0 radical (unpaired) electrons. The maximum absolute atomic E-state index is 5.32. The fourth-order valence-corrected chi connectivity index (χ4v) is 3.18. The summed E-state index contributed by atoms with van der Waals surface area (Å²) >= 11 is 0. The number of aromatic nitrogens is 1. The second kappa shape index (κ2) is 9.51. The predicted octanol–water partition coefficient (Wildman–Crippen LogP) is 5.97. The van der Waals surface area contributed by atoms with Gasteiger partial charge in [0.1, 0.15) is 11.5 Å². The molecule has 0 spiro atoms. The minimum atomic E-state index is 0.820. The van der Waals surface area contributed by atoms with E-state index >= 15 is 0 Å². The van der Waals surface area contributed by atoms with Gasteiger partial charge in [-0.15, -0.1) is 0 Å². The number of hydrogen-bond donors (Lipinski definition) is 0. The average molecular weight is 406 g/mol. The molecule has 4 rings (SSSR count). The van der Waals surface area contributed by atoms with Crippen molar-refractivity contribution in [2.24, 2.45) is 0 Å². The molecule has 0 unspecified atom stereocenters. The molecule has 1 heterocycles. The predicted molar refractivity (Wildman–Crippen MR) is 124 cm³/mol. The Morgan fingerprint density at radius 3 is 1.35 bits per heavy atom. The molecule has 0 saturated heterocycles. The summed E-state index contributed by atoms with van der Waals surface area (Å²) in [4.78, 5) is 6.20. The lowest BCUT2D eigenvalue weighted by molar-refractivity contribution is 0.415. The molecule has 0 aliphatic heterocycles. The van der Waals surface area contributed by atoms with Crippen molar-refractivity contribution in [1.82, 2.24) is 4.98 Å². The van der Waals surface area contributed by atoms with Crippen molar-refractivity contribution in [3.8, 4) is 23.3 Å². The van der Waals surface area contributed by atoms with Crippen molar-refractivity contribution >= 4 is 17.1 Å². The van der Waals surface area contributed by atoms with Crippen LogP contribution in [0.25, 0.3) is 0 Å². The average Bonchev–Trinajstić information content (AvgIpc) is 2.85. The summed E-state index contributed by atoms with van der Waals surface area (Å²) in [6, 6.07) is 28.0. The van der Waals surface area contributed by atoms with Crippen LogP contribution >= 0.6 is 0 Å². The van der Waals surface area contributed by atoms with Crippen LogP contribution in [0.1, 0.15) is 11.1 Å². The largest absolute Gasteiger partial charge is 0.497 e. The quantitative estimate of drug-likeness (QED) is 0.383. The maximum atomic E-state index is 5.32. The molecule has 0 aliphatic carbocycles. The van der Waals surface area contributed by atoms with E-state index in [4.69, 9.17) is 9.47 Å². The molecule has 152 valence electrons. The van der Waals surface area contributed by atoms with Crippen molar-refractivity contribution in [1.29, 1.82) is 0 Å². The lowest BCUT2D eigenvalue weighted by Gasteiger charge is -2.25. The molecule has 1 aromatic heterocycles. The number of pyridine rings is 1. The van der Waals surface area contributed by atoms with E-state index in [0.717, 1.165) is 39.7 Å². The Hall–Kier alpha value is -4.23. The summed E-state index contributed by atoms with van der Waals surface area (Å²) < 4.78 is 10.6. The van der Waals surface area contributed by atoms with Gasteiger partial charge < -0.3 is 14.4 Å². The molecular formula is C27H22N2O2. The molecule has 4 aromatic rings. The molecule has 0 fully saturated rings. The van der Waals surface area contributed by atoms with E-state index < -0.39 is 0 Å². The van der Waals surface area contributed by atoms with E-state index in [0.29, 0.717) is 0 Å². The van der Waals surface area contributed by atoms with Crippen LogP contribution in [0.2, 0.25) is 0 Å². The molecule has 0 bridgehead atoms. The molecule has 0 N–H and O–H groups in total. The Labute approximate surface area is 182 Å². The van der Waals surface area contributed by atoms with Crippen molar-refractivity contribution in [3.05, 3.63) is 108 Å². The van der Waals surface area contributed by atoms with Gasteiger partial charge in [-0.05, 0) is 84.9 Å². The zero-order valence-corrected chi connectivity index (χ0v) is 17.4. The van der Waals surface area contributed by atoms with Gasteiger partial charge in [-0.1, -0.05) is 11.8 Å². The first-order valence-electron chi connectivity index (χ1n) is 9.87. The van der Waals surface area contributed by atoms with Gasteiger partial charge in [0, 0.05) is 40.6 Å². The van der Waals surface area contributed by atoms with Crippen LogP contribution in [0.3, 0.4) is 0 Å². The van der Waals surface area contributed by atoms with Crippen LogP contribution in [0, 0.1) is 11.8 Å². The monoisotopic (exact) mass is 406 g/mol. The van der Waals surface area contributed by atoms with Gasteiger partial charge in [-0.25, -0.2) is 0 Å². The smallest absolute Gasteiger partial charge is 0.119 e. The van der Waals surface area contributed by atoms with E-state index in [9.17, 15) is 0 Å². The van der Waals surface area contributed by atoms with Crippen LogP contribution in [-0.2, 0) is 0 Å². The summed E-state index contributed by atoms with van der Waals surface area (Å²) in [6.45, 7) is 0. The Bertz CT molecular complexity index is 1130. The molecule has 0 amide bonds. The van der Waals surface area contributed by atoms with Gasteiger partial charge in [-0.3, -0.25) is 4.98 Å². The van der Waals surface area contributed by atoms with E-state index in [1.165, 1.54) is 0 Å². The molecule has 31 heavy (non-hydrogen) atoms. The maximum Gasteiger partial charge on any atom is 0.119 e. The minimum absolute atomic E-state index is 0.820. The number of methoxy groups -OCH3 is 2. The van der Waals surface area contributed by atoms with E-state index in [1.807, 2.05) is 72.8 Å². The highest BCUT2D eigenvalue weighted by atomic mass is 16.5.